The zero-order valence-electron chi connectivity index (χ0n) is 10.4. The Morgan fingerprint density at radius 1 is 1.28 bits per heavy atom. The summed E-state index contributed by atoms with van der Waals surface area (Å²) in [5.41, 5.74) is 8.99. The van der Waals surface area contributed by atoms with E-state index in [1.807, 2.05) is 18.2 Å². The molecule has 1 atom stereocenters. The molecule has 0 aromatic heterocycles. The summed E-state index contributed by atoms with van der Waals surface area (Å²) in [5.74, 6) is 1.97. The number of hydrogen-bond acceptors (Lipinski definition) is 3. The van der Waals surface area contributed by atoms with Crippen LogP contribution in [0.3, 0.4) is 0 Å². The van der Waals surface area contributed by atoms with Crippen molar-refractivity contribution in [3.8, 4) is 6.07 Å². The Labute approximate surface area is 107 Å². The van der Waals surface area contributed by atoms with Crippen LogP contribution in [0.5, 0.6) is 0 Å². The topological polar surface area (TPSA) is 62.2 Å². The summed E-state index contributed by atoms with van der Waals surface area (Å²) in [7, 11) is 0. The van der Waals surface area contributed by atoms with E-state index in [-0.39, 0.29) is 0 Å². The van der Waals surface area contributed by atoms with Gasteiger partial charge in [-0.05, 0) is 55.4 Å². The summed E-state index contributed by atoms with van der Waals surface area (Å²) in [6.45, 7) is 0. The van der Waals surface area contributed by atoms with Crippen LogP contribution in [0, 0.1) is 23.2 Å². The van der Waals surface area contributed by atoms with Crippen LogP contribution in [0.25, 0.3) is 0 Å². The van der Waals surface area contributed by atoms with Gasteiger partial charge in [0.15, 0.2) is 0 Å². The van der Waals surface area contributed by atoms with Crippen molar-refractivity contribution in [2.24, 2.45) is 22.6 Å². The molecular formula is C15H17N3. The van der Waals surface area contributed by atoms with Crippen molar-refractivity contribution < 1.29 is 0 Å². The molecule has 1 fully saturated rings. The predicted octanol–water partition coefficient (Wildman–Crippen LogP) is 2.91. The number of aliphatic imine (C=N–C) groups is 1. The Morgan fingerprint density at radius 2 is 2.11 bits per heavy atom. The summed E-state index contributed by atoms with van der Waals surface area (Å²) in [5, 5.41) is 8.94. The second-order valence-electron chi connectivity index (χ2n) is 5.33. The first kappa shape index (κ1) is 11.3. The maximum atomic E-state index is 8.94. The average Bonchev–Trinajstić information content (AvgIpc) is 2.47. The fraction of sp³-hybridized carbons (Fsp3) is 0.467. The number of nitrogens with zero attached hydrogens (tertiary/aromatic N) is 2. The molecule has 1 aliphatic carbocycles. The fourth-order valence-corrected chi connectivity index (χ4v) is 2.96. The van der Waals surface area contributed by atoms with Crippen LogP contribution < -0.4 is 5.73 Å². The van der Waals surface area contributed by atoms with Gasteiger partial charge in [-0.15, -0.1) is 0 Å². The highest BCUT2D eigenvalue weighted by Gasteiger charge is 2.31. The lowest BCUT2D eigenvalue weighted by atomic mass is 9.73. The van der Waals surface area contributed by atoms with Crippen LogP contribution >= 0.6 is 0 Å². The molecule has 1 saturated carbocycles. The Morgan fingerprint density at radius 3 is 2.78 bits per heavy atom. The maximum Gasteiger partial charge on any atom is 0.103 e. The molecule has 18 heavy (non-hydrogen) atoms. The van der Waals surface area contributed by atoms with E-state index in [4.69, 9.17) is 11.0 Å². The molecule has 0 saturated heterocycles. The maximum absolute atomic E-state index is 8.94. The highest BCUT2D eigenvalue weighted by atomic mass is 14.9. The van der Waals surface area contributed by atoms with Crippen molar-refractivity contribution in [2.45, 2.75) is 32.1 Å². The molecule has 3 nitrogen and oxygen atoms in total. The molecule has 0 amide bonds. The number of aryl methyl sites for hydroxylation is 1. The lowest BCUT2D eigenvalue weighted by molar-refractivity contribution is 0.245. The second-order valence-corrected chi connectivity index (χ2v) is 5.33. The normalized spacial score (nSPS) is 23.3. The van der Waals surface area contributed by atoms with E-state index in [2.05, 4.69) is 11.1 Å². The molecule has 0 radical (unpaired) electrons. The van der Waals surface area contributed by atoms with E-state index in [0.29, 0.717) is 11.5 Å². The number of rotatable bonds is 1. The van der Waals surface area contributed by atoms with E-state index in [1.54, 1.807) is 0 Å². The minimum Gasteiger partial charge on any atom is -0.387 e. The lowest BCUT2D eigenvalue weighted by Gasteiger charge is -2.32. The van der Waals surface area contributed by atoms with Crippen LogP contribution in [0.4, 0.5) is 5.69 Å². The van der Waals surface area contributed by atoms with Gasteiger partial charge in [0.2, 0.25) is 0 Å². The molecule has 1 aromatic rings. The van der Waals surface area contributed by atoms with Gasteiger partial charge in [-0.1, -0.05) is 6.42 Å². The Balaban J connectivity index is 1.92. The number of benzene rings is 1. The first-order valence-electron chi connectivity index (χ1n) is 6.65. The molecular weight excluding hydrogens is 222 g/mol. The molecule has 1 heterocycles. The molecule has 1 aromatic carbocycles. The standard InChI is InChI=1S/C15H17N3/c16-9-10-4-7-14-12(8-10)5-6-13(15(17)18-14)11-2-1-3-11/h4,7-8,11,13H,1-3,5-6H2,(H2,17,18). The molecule has 0 bridgehead atoms. The number of fused-ring (bicyclic) bond motifs is 1. The summed E-state index contributed by atoms with van der Waals surface area (Å²) in [6.07, 6.45) is 5.97. The third kappa shape index (κ3) is 1.88. The van der Waals surface area contributed by atoms with Crippen molar-refractivity contribution >= 4 is 11.5 Å². The van der Waals surface area contributed by atoms with E-state index in [9.17, 15) is 0 Å². The quantitative estimate of drug-likeness (QED) is 0.819. The minimum atomic E-state index is 0.441. The summed E-state index contributed by atoms with van der Waals surface area (Å²) >= 11 is 0. The van der Waals surface area contributed by atoms with Crippen LogP contribution in [0.2, 0.25) is 0 Å². The van der Waals surface area contributed by atoms with Crippen molar-refractivity contribution in [3.05, 3.63) is 29.3 Å². The zero-order valence-corrected chi connectivity index (χ0v) is 10.4. The Kier molecular flexibility index (Phi) is 2.79. The van der Waals surface area contributed by atoms with Gasteiger partial charge in [0.05, 0.1) is 17.3 Å². The first-order valence-corrected chi connectivity index (χ1v) is 6.65. The summed E-state index contributed by atoms with van der Waals surface area (Å²) in [6, 6.07) is 7.88. The fourth-order valence-electron chi connectivity index (χ4n) is 2.96. The van der Waals surface area contributed by atoms with Crippen LogP contribution in [0.1, 0.15) is 36.8 Å². The molecule has 0 spiro atoms. The van der Waals surface area contributed by atoms with Crippen molar-refractivity contribution in [1.82, 2.24) is 0 Å². The van der Waals surface area contributed by atoms with Gasteiger partial charge >= 0.3 is 0 Å². The van der Waals surface area contributed by atoms with Crippen molar-refractivity contribution in [3.63, 3.8) is 0 Å². The van der Waals surface area contributed by atoms with Gasteiger partial charge in [-0.2, -0.15) is 5.26 Å². The monoisotopic (exact) mass is 239 g/mol. The number of hydrogen-bond donors (Lipinski definition) is 1. The van der Waals surface area contributed by atoms with Crippen molar-refractivity contribution in [2.75, 3.05) is 0 Å². The SMILES string of the molecule is N#Cc1ccc2c(c1)CCC(C1CCC1)C(N)=N2. The van der Waals surface area contributed by atoms with Gasteiger partial charge in [0.1, 0.15) is 5.84 Å². The average molecular weight is 239 g/mol. The van der Waals surface area contributed by atoms with E-state index >= 15 is 0 Å². The van der Waals surface area contributed by atoms with E-state index < -0.39 is 0 Å². The molecule has 2 aliphatic rings. The molecule has 3 rings (SSSR count). The second kappa shape index (κ2) is 4.45. The molecule has 1 aliphatic heterocycles. The van der Waals surface area contributed by atoms with Crippen LogP contribution in [-0.2, 0) is 6.42 Å². The molecule has 3 heteroatoms. The van der Waals surface area contributed by atoms with Gasteiger partial charge < -0.3 is 5.73 Å². The minimum absolute atomic E-state index is 0.441. The van der Waals surface area contributed by atoms with Crippen LogP contribution in [0.15, 0.2) is 23.2 Å². The van der Waals surface area contributed by atoms with E-state index in [0.717, 1.165) is 30.3 Å². The number of nitrogens with two attached hydrogens (primary N) is 1. The van der Waals surface area contributed by atoms with Crippen molar-refractivity contribution in [1.29, 1.82) is 5.26 Å². The van der Waals surface area contributed by atoms with Gasteiger partial charge in [-0.3, -0.25) is 0 Å². The Bertz CT molecular complexity index is 535. The van der Waals surface area contributed by atoms with Crippen LogP contribution in [-0.4, -0.2) is 5.84 Å². The highest BCUT2D eigenvalue weighted by molar-refractivity contribution is 5.87. The molecule has 2 N–H and O–H groups in total. The molecule has 92 valence electrons. The zero-order chi connectivity index (χ0) is 12.5. The number of nitriles is 1. The predicted molar refractivity (Wildman–Crippen MR) is 71.6 cm³/mol. The third-order valence-corrected chi connectivity index (χ3v) is 4.28. The van der Waals surface area contributed by atoms with E-state index in [1.165, 1.54) is 24.8 Å². The lowest BCUT2D eigenvalue weighted by Crippen LogP contribution is -2.33. The number of amidine groups is 1. The van der Waals surface area contributed by atoms with Gasteiger partial charge in [-0.25, -0.2) is 4.99 Å². The van der Waals surface area contributed by atoms with Gasteiger partial charge in [0.25, 0.3) is 0 Å². The largest absolute Gasteiger partial charge is 0.387 e. The van der Waals surface area contributed by atoms with Gasteiger partial charge in [0, 0.05) is 5.92 Å². The molecule has 1 unspecified atom stereocenters. The highest BCUT2D eigenvalue weighted by Crippen LogP contribution is 2.38. The smallest absolute Gasteiger partial charge is 0.103 e. The summed E-state index contributed by atoms with van der Waals surface area (Å²) in [4.78, 5) is 4.58. The Hall–Kier alpha value is -1.82. The third-order valence-electron chi connectivity index (χ3n) is 4.28. The summed E-state index contributed by atoms with van der Waals surface area (Å²) < 4.78 is 0. The first-order chi connectivity index (χ1) is 8.78.